The molecule has 0 bridgehead atoms. The molecule has 1 aliphatic heterocycles. The Bertz CT molecular complexity index is 542. The van der Waals surface area contributed by atoms with E-state index in [4.69, 9.17) is 4.74 Å². The van der Waals surface area contributed by atoms with Gasteiger partial charge in [0.25, 0.3) is 0 Å². The summed E-state index contributed by atoms with van der Waals surface area (Å²) in [5.41, 5.74) is 2.51. The molecule has 0 spiro atoms. The molecule has 20 heavy (non-hydrogen) atoms. The van der Waals surface area contributed by atoms with Crippen LogP contribution >= 0.6 is 0 Å². The number of benzene rings is 2. The summed E-state index contributed by atoms with van der Waals surface area (Å²) in [6.07, 6.45) is 1.15. The van der Waals surface area contributed by atoms with Crippen molar-refractivity contribution in [2.24, 2.45) is 0 Å². The quantitative estimate of drug-likeness (QED) is 0.920. The molecule has 1 N–H and O–H groups in total. The minimum absolute atomic E-state index is 0.707. The molecule has 0 amide bonds. The van der Waals surface area contributed by atoms with E-state index in [1.54, 1.807) is 0 Å². The number of para-hydroxylation sites is 3. The molecule has 1 heterocycles. The second-order valence-corrected chi connectivity index (χ2v) is 4.95. The fourth-order valence-corrected chi connectivity index (χ4v) is 2.53. The number of rotatable bonds is 4. The summed E-state index contributed by atoms with van der Waals surface area (Å²) in [6, 6.07) is 18.5. The zero-order chi connectivity index (χ0) is 13.6. The zero-order valence-electron chi connectivity index (χ0n) is 11.6. The topological polar surface area (TPSA) is 24.5 Å². The van der Waals surface area contributed by atoms with Gasteiger partial charge in [-0.15, -0.1) is 0 Å². The number of ether oxygens (including phenoxy) is 1. The molecule has 0 aromatic heterocycles. The van der Waals surface area contributed by atoms with E-state index in [2.05, 4.69) is 34.5 Å². The third-order valence-corrected chi connectivity index (χ3v) is 3.54. The fraction of sp³-hybridized carbons (Fsp3) is 0.294. The van der Waals surface area contributed by atoms with E-state index in [1.807, 2.05) is 30.3 Å². The van der Waals surface area contributed by atoms with Crippen LogP contribution in [0.3, 0.4) is 0 Å². The van der Waals surface area contributed by atoms with Gasteiger partial charge in [-0.2, -0.15) is 0 Å². The zero-order valence-corrected chi connectivity index (χ0v) is 11.6. The predicted molar refractivity (Wildman–Crippen MR) is 83.7 cm³/mol. The molecule has 0 saturated carbocycles. The average Bonchev–Trinajstić information content (AvgIpc) is 2.71. The smallest absolute Gasteiger partial charge is 0.119 e. The second kappa shape index (κ2) is 6.33. The molecule has 0 fully saturated rings. The first-order valence-corrected chi connectivity index (χ1v) is 7.19. The molecule has 3 rings (SSSR count). The van der Waals surface area contributed by atoms with Gasteiger partial charge in [0.1, 0.15) is 12.4 Å². The Labute approximate surface area is 120 Å². The van der Waals surface area contributed by atoms with Gasteiger partial charge in [-0.1, -0.05) is 30.3 Å². The van der Waals surface area contributed by atoms with Crippen molar-refractivity contribution in [2.75, 3.05) is 36.5 Å². The maximum Gasteiger partial charge on any atom is 0.119 e. The number of nitrogens with zero attached hydrogens (tertiary/aromatic N) is 1. The summed E-state index contributed by atoms with van der Waals surface area (Å²) in [5.74, 6) is 0.939. The Balaban J connectivity index is 1.62. The highest BCUT2D eigenvalue weighted by Crippen LogP contribution is 2.27. The van der Waals surface area contributed by atoms with Crippen molar-refractivity contribution in [1.29, 1.82) is 0 Å². The van der Waals surface area contributed by atoms with Gasteiger partial charge in [-0.25, -0.2) is 0 Å². The monoisotopic (exact) mass is 268 g/mol. The maximum atomic E-state index is 5.80. The highest BCUT2D eigenvalue weighted by atomic mass is 16.5. The highest BCUT2D eigenvalue weighted by molar-refractivity contribution is 5.70. The van der Waals surface area contributed by atoms with Gasteiger partial charge in [0.15, 0.2) is 0 Å². The normalized spacial score (nSPS) is 14.1. The van der Waals surface area contributed by atoms with Gasteiger partial charge in [0, 0.05) is 13.1 Å². The molecule has 0 radical (unpaired) electrons. The summed E-state index contributed by atoms with van der Waals surface area (Å²) in [5, 5.41) is 3.48. The number of anilines is 2. The molecule has 2 aromatic rings. The molecule has 104 valence electrons. The summed E-state index contributed by atoms with van der Waals surface area (Å²) < 4.78 is 5.80. The van der Waals surface area contributed by atoms with E-state index in [9.17, 15) is 0 Å². The van der Waals surface area contributed by atoms with Gasteiger partial charge < -0.3 is 15.0 Å². The molecule has 3 heteroatoms. The van der Waals surface area contributed by atoms with Crippen LogP contribution in [0.4, 0.5) is 11.4 Å². The van der Waals surface area contributed by atoms with Crippen LogP contribution in [-0.2, 0) is 0 Å². The molecule has 0 atom stereocenters. The minimum Gasteiger partial charge on any atom is -0.492 e. The third-order valence-electron chi connectivity index (χ3n) is 3.54. The van der Waals surface area contributed by atoms with Crippen LogP contribution in [0.1, 0.15) is 6.42 Å². The van der Waals surface area contributed by atoms with Crippen LogP contribution in [-0.4, -0.2) is 26.2 Å². The Morgan fingerprint density at radius 2 is 1.80 bits per heavy atom. The van der Waals surface area contributed by atoms with Crippen molar-refractivity contribution in [3.8, 4) is 5.75 Å². The Hall–Kier alpha value is -2.16. The van der Waals surface area contributed by atoms with Crippen molar-refractivity contribution in [3.63, 3.8) is 0 Å². The molecule has 0 saturated heterocycles. The second-order valence-electron chi connectivity index (χ2n) is 4.95. The van der Waals surface area contributed by atoms with Crippen LogP contribution in [0.5, 0.6) is 5.75 Å². The standard InChI is InChI=1S/C17H20N2O/c1-2-7-15(8-3-1)20-14-13-19-12-6-11-18-16-9-4-5-10-17(16)19/h1-5,7-10,18H,6,11-14H2. The van der Waals surface area contributed by atoms with Crippen LogP contribution < -0.4 is 15.0 Å². The van der Waals surface area contributed by atoms with E-state index in [0.717, 1.165) is 31.8 Å². The minimum atomic E-state index is 0.707. The van der Waals surface area contributed by atoms with Gasteiger partial charge >= 0.3 is 0 Å². The summed E-state index contributed by atoms with van der Waals surface area (Å²) in [7, 11) is 0. The van der Waals surface area contributed by atoms with E-state index in [1.165, 1.54) is 11.4 Å². The van der Waals surface area contributed by atoms with E-state index >= 15 is 0 Å². The molecular formula is C17H20N2O. The average molecular weight is 268 g/mol. The number of fused-ring (bicyclic) bond motifs is 1. The molecule has 1 aliphatic rings. The van der Waals surface area contributed by atoms with E-state index in [0.29, 0.717) is 6.61 Å². The predicted octanol–water partition coefficient (Wildman–Crippen LogP) is 3.39. The lowest BCUT2D eigenvalue weighted by atomic mass is 10.2. The lowest BCUT2D eigenvalue weighted by Gasteiger charge is -2.24. The van der Waals surface area contributed by atoms with Gasteiger partial charge in [-0.3, -0.25) is 0 Å². The Morgan fingerprint density at radius 3 is 2.70 bits per heavy atom. The van der Waals surface area contributed by atoms with Crippen molar-refractivity contribution in [3.05, 3.63) is 54.6 Å². The van der Waals surface area contributed by atoms with E-state index < -0.39 is 0 Å². The van der Waals surface area contributed by atoms with Crippen molar-refractivity contribution < 1.29 is 4.74 Å². The summed E-state index contributed by atoms with van der Waals surface area (Å²) >= 11 is 0. The van der Waals surface area contributed by atoms with Crippen LogP contribution in [0.2, 0.25) is 0 Å². The Kier molecular flexibility index (Phi) is 4.07. The number of nitrogens with one attached hydrogen (secondary N) is 1. The van der Waals surface area contributed by atoms with Gasteiger partial charge in [0.2, 0.25) is 0 Å². The molecule has 2 aromatic carbocycles. The summed E-state index contributed by atoms with van der Waals surface area (Å²) in [4.78, 5) is 2.40. The maximum absolute atomic E-state index is 5.80. The van der Waals surface area contributed by atoms with Gasteiger partial charge in [0.05, 0.1) is 17.9 Å². The number of hydrogen-bond donors (Lipinski definition) is 1. The van der Waals surface area contributed by atoms with Crippen LogP contribution in [0, 0.1) is 0 Å². The van der Waals surface area contributed by atoms with Crippen LogP contribution in [0.25, 0.3) is 0 Å². The molecule has 3 nitrogen and oxygen atoms in total. The molecule has 0 aliphatic carbocycles. The first kappa shape index (κ1) is 12.9. The van der Waals surface area contributed by atoms with Crippen molar-refractivity contribution in [1.82, 2.24) is 0 Å². The van der Waals surface area contributed by atoms with Crippen molar-refractivity contribution in [2.45, 2.75) is 6.42 Å². The largest absolute Gasteiger partial charge is 0.492 e. The van der Waals surface area contributed by atoms with Crippen molar-refractivity contribution >= 4 is 11.4 Å². The molecular weight excluding hydrogens is 248 g/mol. The fourth-order valence-electron chi connectivity index (χ4n) is 2.53. The van der Waals surface area contributed by atoms with Crippen LogP contribution in [0.15, 0.2) is 54.6 Å². The summed E-state index contributed by atoms with van der Waals surface area (Å²) in [6.45, 7) is 3.72. The molecule has 0 unspecified atom stereocenters. The first-order chi connectivity index (χ1) is 9.93. The lowest BCUT2D eigenvalue weighted by molar-refractivity contribution is 0.324. The lowest BCUT2D eigenvalue weighted by Crippen LogP contribution is -2.28. The van der Waals surface area contributed by atoms with E-state index in [-0.39, 0.29) is 0 Å². The third kappa shape index (κ3) is 3.05. The van der Waals surface area contributed by atoms with Gasteiger partial charge in [-0.05, 0) is 30.7 Å². The SMILES string of the molecule is c1ccc(OCCN2CCCNc3ccccc32)cc1. The highest BCUT2D eigenvalue weighted by Gasteiger charge is 2.13. The first-order valence-electron chi connectivity index (χ1n) is 7.19. The number of hydrogen-bond acceptors (Lipinski definition) is 3. The Morgan fingerprint density at radius 1 is 1.00 bits per heavy atom.